The van der Waals surface area contributed by atoms with E-state index in [9.17, 15) is 9.50 Å². The van der Waals surface area contributed by atoms with Crippen molar-refractivity contribution >= 4 is 5.69 Å². The summed E-state index contributed by atoms with van der Waals surface area (Å²) in [6.45, 7) is 1.74. The Bertz CT molecular complexity index is 543. The van der Waals surface area contributed by atoms with Crippen LogP contribution in [-0.2, 0) is 0 Å². The van der Waals surface area contributed by atoms with Gasteiger partial charge in [-0.3, -0.25) is 4.98 Å². The number of aryl methyl sites for hydroxylation is 1. The van der Waals surface area contributed by atoms with Crippen LogP contribution < -0.4 is 5.73 Å². The number of aliphatic hydroxyl groups is 1. The van der Waals surface area contributed by atoms with Crippen molar-refractivity contribution in [2.75, 3.05) is 5.73 Å². The third kappa shape index (κ3) is 2.26. The fourth-order valence-corrected chi connectivity index (χ4v) is 1.76. The number of aliphatic hydroxyl groups excluding tert-OH is 1. The summed E-state index contributed by atoms with van der Waals surface area (Å²) in [6, 6.07) is 5.88. The zero-order valence-corrected chi connectivity index (χ0v) is 9.39. The van der Waals surface area contributed by atoms with Crippen LogP contribution in [0, 0.1) is 12.7 Å². The van der Waals surface area contributed by atoms with Crippen LogP contribution in [0.3, 0.4) is 0 Å². The molecule has 0 saturated carbocycles. The van der Waals surface area contributed by atoms with Crippen LogP contribution in [0.2, 0.25) is 0 Å². The topological polar surface area (TPSA) is 59.1 Å². The standard InChI is InChI=1S/C13H13FN2O/c1-8-6-9(14)2-3-10(8)13(17)11-7-16-5-4-12(11)15/h2-7,13,17H,1H3,(H2,15,16). The lowest BCUT2D eigenvalue weighted by Crippen LogP contribution is -2.06. The molecule has 1 heterocycles. The number of pyridine rings is 1. The number of nitrogen functional groups attached to an aromatic ring is 1. The molecule has 1 aromatic heterocycles. The minimum atomic E-state index is -0.885. The second kappa shape index (κ2) is 4.51. The summed E-state index contributed by atoms with van der Waals surface area (Å²) >= 11 is 0. The number of rotatable bonds is 2. The van der Waals surface area contributed by atoms with E-state index in [0.717, 1.165) is 0 Å². The third-order valence-electron chi connectivity index (χ3n) is 2.71. The van der Waals surface area contributed by atoms with E-state index in [1.54, 1.807) is 25.3 Å². The lowest BCUT2D eigenvalue weighted by molar-refractivity contribution is 0.220. The maximum Gasteiger partial charge on any atom is 0.123 e. The predicted molar refractivity (Wildman–Crippen MR) is 63.8 cm³/mol. The maximum absolute atomic E-state index is 13.0. The van der Waals surface area contributed by atoms with Crippen LogP contribution in [0.4, 0.5) is 10.1 Å². The Balaban J connectivity index is 2.44. The van der Waals surface area contributed by atoms with Crippen molar-refractivity contribution in [2.24, 2.45) is 0 Å². The Morgan fingerprint density at radius 3 is 2.71 bits per heavy atom. The second-order valence-electron chi connectivity index (χ2n) is 3.91. The molecule has 0 amide bonds. The first kappa shape index (κ1) is 11.5. The molecule has 2 aromatic rings. The highest BCUT2D eigenvalue weighted by molar-refractivity contribution is 5.49. The lowest BCUT2D eigenvalue weighted by Gasteiger charge is -2.15. The van der Waals surface area contributed by atoms with Gasteiger partial charge in [-0.25, -0.2) is 4.39 Å². The number of hydrogen-bond acceptors (Lipinski definition) is 3. The van der Waals surface area contributed by atoms with Gasteiger partial charge in [-0.15, -0.1) is 0 Å². The Labute approximate surface area is 98.7 Å². The van der Waals surface area contributed by atoms with Gasteiger partial charge in [0.15, 0.2) is 0 Å². The minimum absolute atomic E-state index is 0.322. The molecule has 88 valence electrons. The van der Waals surface area contributed by atoms with Crippen molar-refractivity contribution in [1.82, 2.24) is 4.98 Å². The zero-order chi connectivity index (χ0) is 12.4. The summed E-state index contributed by atoms with van der Waals surface area (Å²) in [4.78, 5) is 3.93. The normalized spacial score (nSPS) is 12.4. The van der Waals surface area contributed by atoms with E-state index in [1.807, 2.05) is 0 Å². The molecular formula is C13H13FN2O. The van der Waals surface area contributed by atoms with E-state index >= 15 is 0 Å². The van der Waals surface area contributed by atoms with Gasteiger partial charge >= 0.3 is 0 Å². The van der Waals surface area contributed by atoms with Gasteiger partial charge in [0.25, 0.3) is 0 Å². The van der Waals surface area contributed by atoms with Gasteiger partial charge < -0.3 is 10.8 Å². The van der Waals surface area contributed by atoms with E-state index in [4.69, 9.17) is 5.73 Å². The Morgan fingerprint density at radius 2 is 2.06 bits per heavy atom. The molecule has 0 spiro atoms. The molecule has 2 rings (SSSR count). The first-order valence-electron chi connectivity index (χ1n) is 5.23. The van der Waals surface area contributed by atoms with Crippen LogP contribution >= 0.6 is 0 Å². The molecule has 0 saturated heterocycles. The average Bonchev–Trinajstić information content (AvgIpc) is 2.29. The molecular weight excluding hydrogens is 219 g/mol. The third-order valence-corrected chi connectivity index (χ3v) is 2.71. The first-order valence-corrected chi connectivity index (χ1v) is 5.23. The summed E-state index contributed by atoms with van der Waals surface area (Å²) < 4.78 is 13.0. The van der Waals surface area contributed by atoms with Gasteiger partial charge in [-0.1, -0.05) is 6.07 Å². The smallest absolute Gasteiger partial charge is 0.123 e. The molecule has 3 N–H and O–H groups in total. The van der Waals surface area contributed by atoms with Gasteiger partial charge in [0.2, 0.25) is 0 Å². The molecule has 1 aromatic carbocycles. The van der Waals surface area contributed by atoms with Gasteiger partial charge in [-0.2, -0.15) is 0 Å². The van der Waals surface area contributed by atoms with Gasteiger partial charge in [0.05, 0.1) is 0 Å². The molecule has 17 heavy (non-hydrogen) atoms. The van der Waals surface area contributed by atoms with Crippen molar-refractivity contribution in [2.45, 2.75) is 13.0 Å². The van der Waals surface area contributed by atoms with Gasteiger partial charge in [0.1, 0.15) is 11.9 Å². The molecule has 4 heteroatoms. The molecule has 1 unspecified atom stereocenters. The number of nitrogens with zero attached hydrogens (tertiary/aromatic N) is 1. The van der Waals surface area contributed by atoms with E-state index < -0.39 is 6.10 Å². The highest BCUT2D eigenvalue weighted by Crippen LogP contribution is 2.28. The van der Waals surface area contributed by atoms with Crippen molar-refractivity contribution in [3.8, 4) is 0 Å². The molecule has 1 atom stereocenters. The maximum atomic E-state index is 13.0. The lowest BCUT2D eigenvalue weighted by atomic mass is 9.97. The summed E-state index contributed by atoms with van der Waals surface area (Å²) in [6.07, 6.45) is 2.19. The van der Waals surface area contributed by atoms with Crippen molar-refractivity contribution in [3.63, 3.8) is 0 Å². The average molecular weight is 232 g/mol. The van der Waals surface area contributed by atoms with Crippen molar-refractivity contribution < 1.29 is 9.50 Å². The molecule has 3 nitrogen and oxygen atoms in total. The van der Waals surface area contributed by atoms with Crippen LogP contribution in [0.15, 0.2) is 36.7 Å². The SMILES string of the molecule is Cc1cc(F)ccc1C(O)c1cnccc1N. The van der Waals surface area contributed by atoms with Crippen molar-refractivity contribution in [3.05, 3.63) is 59.2 Å². The highest BCUT2D eigenvalue weighted by atomic mass is 19.1. The Morgan fingerprint density at radius 1 is 1.29 bits per heavy atom. The largest absolute Gasteiger partial charge is 0.398 e. The molecule has 0 aliphatic rings. The van der Waals surface area contributed by atoms with Crippen LogP contribution in [0.5, 0.6) is 0 Å². The fraction of sp³-hybridized carbons (Fsp3) is 0.154. The zero-order valence-electron chi connectivity index (χ0n) is 9.39. The summed E-state index contributed by atoms with van der Waals surface area (Å²) in [7, 11) is 0. The van der Waals surface area contributed by atoms with Crippen LogP contribution in [-0.4, -0.2) is 10.1 Å². The van der Waals surface area contributed by atoms with Gasteiger partial charge in [0, 0.05) is 23.6 Å². The molecule has 0 fully saturated rings. The number of aromatic nitrogens is 1. The molecule has 0 bridgehead atoms. The van der Waals surface area contributed by atoms with E-state index in [0.29, 0.717) is 22.4 Å². The Hall–Kier alpha value is -1.94. The number of nitrogens with two attached hydrogens (primary N) is 1. The van der Waals surface area contributed by atoms with Crippen LogP contribution in [0.1, 0.15) is 22.8 Å². The quantitative estimate of drug-likeness (QED) is 0.834. The molecule has 0 aliphatic carbocycles. The van der Waals surface area contributed by atoms with E-state index in [1.165, 1.54) is 18.3 Å². The minimum Gasteiger partial charge on any atom is -0.398 e. The summed E-state index contributed by atoms with van der Waals surface area (Å²) in [5.74, 6) is -0.322. The summed E-state index contributed by atoms with van der Waals surface area (Å²) in [5.41, 5.74) is 8.08. The predicted octanol–water partition coefficient (Wildman–Crippen LogP) is 2.19. The van der Waals surface area contributed by atoms with Gasteiger partial charge in [-0.05, 0) is 36.2 Å². The number of hydrogen-bond donors (Lipinski definition) is 2. The van der Waals surface area contributed by atoms with Crippen molar-refractivity contribution in [1.29, 1.82) is 0 Å². The Kier molecular flexibility index (Phi) is 3.06. The number of anilines is 1. The number of benzene rings is 1. The van der Waals surface area contributed by atoms with Crippen LogP contribution in [0.25, 0.3) is 0 Å². The second-order valence-corrected chi connectivity index (χ2v) is 3.91. The monoisotopic (exact) mass is 232 g/mol. The number of halogens is 1. The molecule has 0 radical (unpaired) electrons. The summed E-state index contributed by atoms with van der Waals surface area (Å²) in [5, 5.41) is 10.2. The fourth-order valence-electron chi connectivity index (χ4n) is 1.76. The van der Waals surface area contributed by atoms with E-state index in [-0.39, 0.29) is 5.82 Å². The molecule has 0 aliphatic heterocycles. The van der Waals surface area contributed by atoms with E-state index in [2.05, 4.69) is 4.98 Å². The first-order chi connectivity index (χ1) is 8.09. The highest BCUT2D eigenvalue weighted by Gasteiger charge is 2.15.